The van der Waals surface area contributed by atoms with Crippen molar-refractivity contribution >= 4 is 11.7 Å². The van der Waals surface area contributed by atoms with Crippen molar-refractivity contribution in [3.05, 3.63) is 112 Å². The Morgan fingerprint density at radius 1 is 1.13 bits per heavy atom. The van der Waals surface area contributed by atoms with Gasteiger partial charge in [-0.1, -0.05) is 25.1 Å². The zero-order chi connectivity index (χ0) is 32.5. The molecule has 0 fully saturated rings. The maximum atomic E-state index is 14.0. The number of carbonyl (C=O) groups excluding carboxylic acids is 1. The number of rotatable bonds is 8. The lowest BCUT2D eigenvalue weighted by Gasteiger charge is -2.16. The topological polar surface area (TPSA) is 107 Å². The number of imidazole rings is 1. The van der Waals surface area contributed by atoms with E-state index in [1.807, 2.05) is 25.9 Å². The molecule has 1 amide bonds. The standard InChI is InChI=1S/C31H29F3N8O3/c1-6-25(28-36-17-24(45-28)18-39(4)5)38-29(43)41-27(26-14-15-37-42(26)22-12-10-21(35-3)11-13-22)19(2)40(30(41)44)23-9-7-8-20(16-23)31(32,33)34/h7-17,25H,6,18H2,1-2,4-5H3,(H,38,43)/t25-/m0/s1. The molecule has 5 rings (SSSR count). The van der Waals surface area contributed by atoms with Gasteiger partial charge in [0.15, 0.2) is 5.69 Å². The molecule has 232 valence electrons. The molecule has 0 aliphatic rings. The van der Waals surface area contributed by atoms with Crippen molar-refractivity contribution in [2.24, 2.45) is 0 Å². The van der Waals surface area contributed by atoms with Gasteiger partial charge in [-0.05, 0) is 63.8 Å². The van der Waals surface area contributed by atoms with E-state index in [4.69, 9.17) is 11.0 Å². The summed E-state index contributed by atoms with van der Waals surface area (Å²) in [5.74, 6) is 0.830. The van der Waals surface area contributed by atoms with Gasteiger partial charge >= 0.3 is 17.9 Å². The summed E-state index contributed by atoms with van der Waals surface area (Å²) in [6, 6.07) is 10.9. The first-order valence-electron chi connectivity index (χ1n) is 13.9. The van der Waals surface area contributed by atoms with Gasteiger partial charge in [-0.3, -0.25) is 4.57 Å². The Balaban J connectivity index is 1.66. The molecule has 0 saturated heterocycles. The fourth-order valence-corrected chi connectivity index (χ4v) is 5.00. The SMILES string of the molecule is [C-]#[N+]c1ccc(-n2nccc2-c2c(C)n(-c3cccc(C(F)(F)F)c3)c(=O)n2C(=O)N[C@@H](CC)c2ncc(CN(C)C)o2)cc1. The molecule has 3 aromatic heterocycles. The van der Waals surface area contributed by atoms with Gasteiger partial charge in [-0.2, -0.15) is 18.3 Å². The molecular formula is C31H29F3N8O3. The van der Waals surface area contributed by atoms with E-state index in [-0.39, 0.29) is 23.0 Å². The van der Waals surface area contributed by atoms with Crippen molar-refractivity contribution in [1.82, 2.24) is 34.1 Å². The maximum Gasteiger partial charge on any atom is 0.416 e. The highest BCUT2D eigenvalue weighted by atomic mass is 19.4. The smallest absolute Gasteiger partial charge is 0.416 e. The molecule has 0 saturated carbocycles. The number of amides is 1. The molecule has 45 heavy (non-hydrogen) atoms. The van der Waals surface area contributed by atoms with Crippen LogP contribution in [0.25, 0.3) is 27.6 Å². The highest BCUT2D eigenvalue weighted by molar-refractivity contribution is 5.83. The molecule has 0 unspecified atom stereocenters. The van der Waals surface area contributed by atoms with E-state index in [0.29, 0.717) is 35.8 Å². The first kappa shape index (κ1) is 31.0. The molecule has 5 aromatic rings. The molecule has 0 bridgehead atoms. The van der Waals surface area contributed by atoms with E-state index in [0.717, 1.165) is 21.3 Å². The van der Waals surface area contributed by atoms with Crippen molar-refractivity contribution in [1.29, 1.82) is 0 Å². The first-order chi connectivity index (χ1) is 21.4. The van der Waals surface area contributed by atoms with Crippen LogP contribution in [0.4, 0.5) is 23.7 Å². The highest BCUT2D eigenvalue weighted by Gasteiger charge is 2.32. The lowest BCUT2D eigenvalue weighted by molar-refractivity contribution is -0.137. The number of hydrogen-bond acceptors (Lipinski definition) is 6. The number of hydrogen-bond donors (Lipinski definition) is 1. The molecule has 14 heteroatoms. The summed E-state index contributed by atoms with van der Waals surface area (Å²) in [5.41, 5.74) is -0.332. The van der Waals surface area contributed by atoms with E-state index in [9.17, 15) is 22.8 Å². The van der Waals surface area contributed by atoms with Crippen LogP contribution in [-0.2, 0) is 12.7 Å². The summed E-state index contributed by atoms with van der Waals surface area (Å²) in [4.78, 5) is 37.6. The number of carbonyl (C=O) groups is 1. The predicted octanol–water partition coefficient (Wildman–Crippen LogP) is 6.13. The van der Waals surface area contributed by atoms with Crippen molar-refractivity contribution in [3.8, 4) is 22.8 Å². The Hall–Kier alpha value is -5.42. The molecule has 3 heterocycles. The van der Waals surface area contributed by atoms with Crippen LogP contribution in [0.1, 0.15) is 42.3 Å². The largest absolute Gasteiger partial charge is 0.442 e. The summed E-state index contributed by atoms with van der Waals surface area (Å²) < 4.78 is 50.2. The van der Waals surface area contributed by atoms with Crippen LogP contribution in [0.15, 0.2) is 76.2 Å². The Bertz CT molecular complexity index is 1940. The van der Waals surface area contributed by atoms with Crippen molar-refractivity contribution in [2.75, 3.05) is 14.1 Å². The van der Waals surface area contributed by atoms with Crippen LogP contribution < -0.4 is 11.0 Å². The van der Waals surface area contributed by atoms with Gasteiger partial charge in [0.2, 0.25) is 5.89 Å². The number of nitrogens with zero attached hydrogens (tertiary/aromatic N) is 7. The molecule has 0 aliphatic heterocycles. The minimum Gasteiger partial charge on any atom is -0.442 e. The van der Waals surface area contributed by atoms with Gasteiger partial charge in [0.05, 0.1) is 53.8 Å². The first-order valence-corrected chi connectivity index (χ1v) is 13.9. The molecule has 2 aromatic carbocycles. The monoisotopic (exact) mass is 618 g/mol. The fraction of sp³-hybridized carbons (Fsp3) is 0.258. The van der Waals surface area contributed by atoms with E-state index < -0.39 is 29.5 Å². The minimum atomic E-state index is -4.65. The Labute approximate surface area is 256 Å². The normalized spacial score (nSPS) is 12.3. The summed E-state index contributed by atoms with van der Waals surface area (Å²) in [7, 11) is 3.74. The number of aromatic nitrogens is 5. The van der Waals surface area contributed by atoms with E-state index >= 15 is 0 Å². The van der Waals surface area contributed by atoms with Crippen LogP contribution in [0.3, 0.4) is 0 Å². The lowest BCUT2D eigenvalue weighted by atomic mass is 10.2. The minimum absolute atomic E-state index is 0.0688. The van der Waals surface area contributed by atoms with Gasteiger partial charge in [-0.25, -0.2) is 28.7 Å². The van der Waals surface area contributed by atoms with Gasteiger partial charge in [0.1, 0.15) is 17.5 Å². The van der Waals surface area contributed by atoms with E-state index in [2.05, 4.69) is 20.2 Å². The zero-order valence-electron chi connectivity index (χ0n) is 24.8. The van der Waals surface area contributed by atoms with Crippen LogP contribution in [0, 0.1) is 13.5 Å². The Morgan fingerprint density at radius 3 is 2.51 bits per heavy atom. The second-order valence-corrected chi connectivity index (χ2v) is 10.5. The molecule has 0 radical (unpaired) electrons. The third-order valence-electron chi connectivity index (χ3n) is 7.08. The summed E-state index contributed by atoms with van der Waals surface area (Å²) in [5, 5.41) is 7.18. The molecule has 0 aliphatic carbocycles. The van der Waals surface area contributed by atoms with Gasteiger partial charge in [0.25, 0.3) is 0 Å². The second-order valence-electron chi connectivity index (χ2n) is 10.5. The van der Waals surface area contributed by atoms with Gasteiger partial charge in [0, 0.05) is 0 Å². The molecule has 1 N–H and O–H groups in total. The summed E-state index contributed by atoms with van der Waals surface area (Å²) in [6.07, 6.45) is -1.24. The van der Waals surface area contributed by atoms with E-state index in [1.165, 1.54) is 23.0 Å². The average molecular weight is 619 g/mol. The van der Waals surface area contributed by atoms with E-state index in [1.54, 1.807) is 43.5 Å². The van der Waals surface area contributed by atoms with Crippen molar-refractivity contribution in [3.63, 3.8) is 0 Å². The average Bonchev–Trinajstić information content (AvgIpc) is 3.73. The number of alkyl halides is 3. The summed E-state index contributed by atoms with van der Waals surface area (Å²) in [6.45, 7) is 11.1. The molecule has 1 atom stereocenters. The van der Waals surface area contributed by atoms with Gasteiger partial charge < -0.3 is 14.6 Å². The number of halogens is 3. The van der Waals surface area contributed by atoms with Crippen LogP contribution in [0.2, 0.25) is 0 Å². The number of nitrogens with one attached hydrogen (secondary N) is 1. The lowest BCUT2D eigenvalue weighted by Crippen LogP contribution is -2.39. The van der Waals surface area contributed by atoms with Crippen molar-refractivity contribution < 1.29 is 22.4 Å². The Morgan fingerprint density at radius 2 is 1.87 bits per heavy atom. The number of oxazole rings is 1. The summed E-state index contributed by atoms with van der Waals surface area (Å²) >= 11 is 0. The quantitative estimate of drug-likeness (QED) is 0.210. The van der Waals surface area contributed by atoms with Crippen LogP contribution >= 0.6 is 0 Å². The third-order valence-corrected chi connectivity index (χ3v) is 7.08. The highest BCUT2D eigenvalue weighted by Crippen LogP contribution is 2.32. The maximum absolute atomic E-state index is 14.0. The predicted molar refractivity (Wildman–Crippen MR) is 159 cm³/mol. The van der Waals surface area contributed by atoms with Gasteiger partial charge in [-0.15, -0.1) is 0 Å². The third kappa shape index (κ3) is 6.16. The second kappa shape index (κ2) is 12.3. The van der Waals surface area contributed by atoms with Crippen LogP contribution in [-0.4, -0.2) is 48.9 Å². The number of benzene rings is 2. The molecule has 0 spiro atoms. The molecular weight excluding hydrogens is 589 g/mol. The van der Waals surface area contributed by atoms with Crippen molar-refractivity contribution in [2.45, 2.75) is 39.0 Å². The van der Waals surface area contributed by atoms with Crippen LogP contribution in [0.5, 0.6) is 0 Å². The Kier molecular flexibility index (Phi) is 8.47. The zero-order valence-corrected chi connectivity index (χ0v) is 24.8. The molecule has 11 nitrogen and oxygen atoms in total. The fourth-order valence-electron chi connectivity index (χ4n) is 5.00.